The van der Waals surface area contributed by atoms with Crippen LogP contribution in [0, 0.1) is 6.42 Å². The SMILES string of the molecule is Oc1ccc(CCNc2nccc(C3=C[CH]CC=C3)n2)cc1. The number of nitrogens with zero attached hydrogens (tertiary/aromatic N) is 2. The predicted molar refractivity (Wildman–Crippen MR) is 88.4 cm³/mol. The minimum Gasteiger partial charge on any atom is -0.508 e. The standard InChI is InChI=1S/C18H18N3O/c22-16-8-6-14(7-9-16)10-12-19-18-20-13-11-17(21-18)15-4-2-1-3-5-15/h2-9,11,13,22H,1,10,12H2,(H,19,20,21). The van der Waals surface area contributed by atoms with E-state index >= 15 is 0 Å². The van der Waals surface area contributed by atoms with Gasteiger partial charge in [0, 0.05) is 12.7 Å². The highest BCUT2D eigenvalue weighted by Crippen LogP contribution is 2.19. The highest BCUT2D eigenvalue weighted by atomic mass is 16.3. The molecule has 0 saturated heterocycles. The number of nitrogens with one attached hydrogen (secondary N) is 1. The molecule has 0 spiro atoms. The van der Waals surface area contributed by atoms with Crippen LogP contribution >= 0.6 is 0 Å². The van der Waals surface area contributed by atoms with Gasteiger partial charge in [-0.25, -0.2) is 9.97 Å². The van der Waals surface area contributed by atoms with Gasteiger partial charge in [-0.2, -0.15) is 0 Å². The number of rotatable bonds is 5. The topological polar surface area (TPSA) is 58.0 Å². The van der Waals surface area contributed by atoms with Gasteiger partial charge in [-0.3, -0.25) is 0 Å². The van der Waals surface area contributed by atoms with E-state index < -0.39 is 0 Å². The first-order chi connectivity index (χ1) is 10.8. The van der Waals surface area contributed by atoms with Crippen LogP contribution in [0.3, 0.4) is 0 Å². The molecule has 0 saturated carbocycles. The summed E-state index contributed by atoms with van der Waals surface area (Å²) in [6.45, 7) is 0.745. The van der Waals surface area contributed by atoms with Gasteiger partial charge in [0.2, 0.25) is 5.95 Å². The Balaban J connectivity index is 1.60. The minimum atomic E-state index is 0.290. The average Bonchev–Trinajstić information content (AvgIpc) is 2.58. The molecule has 1 heterocycles. The molecular weight excluding hydrogens is 274 g/mol. The molecule has 0 atom stereocenters. The zero-order chi connectivity index (χ0) is 15.2. The number of anilines is 1. The molecule has 4 heteroatoms. The lowest BCUT2D eigenvalue weighted by atomic mass is 10.0. The van der Waals surface area contributed by atoms with Gasteiger partial charge < -0.3 is 10.4 Å². The van der Waals surface area contributed by atoms with E-state index in [1.165, 1.54) is 0 Å². The molecule has 22 heavy (non-hydrogen) atoms. The van der Waals surface area contributed by atoms with Crippen LogP contribution in [0.2, 0.25) is 0 Å². The molecule has 1 aromatic heterocycles. The van der Waals surface area contributed by atoms with Crippen molar-refractivity contribution in [3.63, 3.8) is 0 Å². The third-order valence-electron chi connectivity index (χ3n) is 3.45. The van der Waals surface area contributed by atoms with E-state index in [4.69, 9.17) is 0 Å². The zero-order valence-electron chi connectivity index (χ0n) is 12.2. The summed E-state index contributed by atoms with van der Waals surface area (Å²) >= 11 is 0. The number of benzene rings is 1. The molecule has 0 amide bonds. The summed E-state index contributed by atoms with van der Waals surface area (Å²) in [5.41, 5.74) is 3.19. The van der Waals surface area contributed by atoms with Crippen LogP contribution < -0.4 is 5.32 Å². The number of phenols is 1. The Morgan fingerprint density at radius 3 is 2.77 bits per heavy atom. The first-order valence-electron chi connectivity index (χ1n) is 7.36. The maximum absolute atomic E-state index is 9.27. The number of allylic oxidation sites excluding steroid dienone is 4. The first-order valence-corrected chi connectivity index (χ1v) is 7.36. The molecule has 0 bridgehead atoms. The predicted octanol–water partition coefficient (Wildman–Crippen LogP) is 3.38. The van der Waals surface area contributed by atoms with Gasteiger partial charge in [-0.1, -0.05) is 30.4 Å². The Bertz CT molecular complexity index is 690. The molecule has 1 aromatic carbocycles. The Kier molecular flexibility index (Phi) is 4.49. The fourth-order valence-corrected chi connectivity index (χ4v) is 2.28. The van der Waals surface area contributed by atoms with Gasteiger partial charge in [0.25, 0.3) is 0 Å². The molecule has 1 aliphatic carbocycles. The lowest BCUT2D eigenvalue weighted by Gasteiger charge is -2.09. The summed E-state index contributed by atoms with van der Waals surface area (Å²) in [5, 5.41) is 12.5. The van der Waals surface area contributed by atoms with Crippen LogP contribution in [0.15, 0.2) is 54.8 Å². The monoisotopic (exact) mass is 292 g/mol. The second-order valence-electron chi connectivity index (χ2n) is 5.10. The van der Waals surface area contributed by atoms with Crippen molar-refractivity contribution in [2.75, 3.05) is 11.9 Å². The number of aromatic nitrogens is 2. The van der Waals surface area contributed by atoms with Gasteiger partial charge >= 0.3 is 0 Å². The number of aromatic hydroxyl groups is 1. The maximum Gasteiger partial charge on any atom is 0.223 e. The second-order valence-corrected chi connectivity index (χ2v) is 5.10. The quantitative estimate of drug-likeness (QED) is 0.887. The Labute approximate surface area is 130 Å². The van der Waals surface area contributed by atoms with Gasteiger partial charge in [0.1, 0.15) is 5.75 Å². The van der Waals surface area contributed by atoms with Crippen molar-refractivity contribution >= 4 is 11.5 Å². The van der Waals surface area contributed by atoms with Gasteiger partial charge in [-0.15, -0.1) is 0 Å². The molecule has 2 aromatic rings. The smallest absolute Gasteiger partial charge is 0.223 e. The molecule has 111 valence electrons. The lowest BCUT2D eigenvalue weighted by Crippen LogP contribution is -2.08. The van der Waals surface area contributed by atoms with E-state index in [1.807, 2.05) is 18.2 Å². The Morgan fingerprint density at radius 1 is 1.14 bits per heavy atom. The molecular formula is C18H18N3O. The van der Waals surface area contributed by atoms with Gasteiger partial charge in [-0.05, 0) is 48.6 Å². The summed E-state index contributed by atoms with van der Waals surface area (Å²) in [4.78, 5) is 8.80. The summed E-state index contributed by atoms with van der Waals surface area (Å²) in [6, 6.07) is 9.15. The van der Waals surface area contributed by atoms with Crippen LogP contribution in [0.4, 0.5) is 5.95 Å². The van der Waals surface area contributed by atoms with Crippen molar-refractivity contribution in [1.82, 2.24) is 9.97 Å². The molecule has 1 aliphatic rings. The normalized spacial score (nSPS) is 13.7. The molecule has 1 radical (unpaired) electrons. The van der Waals surface area contributed by atoms with Crippen molar-refractivity contribution in [3.05, 3.63) is 72.4 Å². The number of phenolic OH excluding ortho intramolecular Hbond substituents is 1. The van der Waals surface area contributed by atoms with Crippen LogP contribution in [0.25, 0.3) is 5.57 Å². The number of hydrogen-bond acceptors (Lipinski definition) is 4. The summed E-state index contributed by atoms with van der Waals surface area (Å²) in [7, 11) is 0. The summed E-state index contributed by atoms with van der Waals surface area (Å²) in [5.74, 6) is 0.925. The van der Waals surface area contributed by atoms with E-state index in [9.17, 15) is 5.11 Å². The van der Waals surface area contributed by atoms with Gasteiger partial charge in [0.05, 0.1) is 5.69 Å². The van der Waals surface area contributed by atoms with Crippen LogP contribution in [-0.4, -0.2) is 21.6 Å². The molecule has 0 fully saturated rings. The van der Waals surface area contributed by atoms with Crippen LogP contribution in [0.1, 0.15) is 17.7 Å². The van der Waals surface area contributed by atoms with E-state index in [0.29, 0.717) is 11.7 Å². The summed E-state index contributed by atoms with van der Waals surface area (Å²) < 4.78 is 0. The largest absolute Gasteiger partial charge is 0.508 e. The van der Waals surface area contributed by atoms with Crippen molar-refractivity contribution in [2.24, 2.45) is 0 Å². The van der Waals surface area contributed by atoms with Crippen molar-refractivity contribution in [3.8, 4) is 5.75 Å². The fraction of sp³-hybridized carbons (Fsp3) is 0.167. The van der Waals surface area contributed by atoms with Gasteiger partial charge in [0.15, 0.2) is 0 Å². The van der Waals surface area contributed by atoms with Crippen LogP contribution in [0.5, 0.6) is 5.75 Å². The lowest BCUT2D eigenvalue weighted by molar-refractivity contribution is 0.475. The van der Waals surface area contributed by atoms with Crippen molar-refractivity contribution < 1.29 is 5.11 Å². The van der Waals surface area contributed by atoms with E-state index in [1.54, 1.807) is 18.3 Å². The highest BCUT2D eigenvalue weighted by Gasteiger charge is 2.04. The zero-order valence-corrected chi connectivity index (χ0v) is 12.2. The number of hydrogen-bond donors (Lipinski definition) is 2. The van der Waals surface area contributed by atoms with E-state index in [-0.39, 0.29) is 0 Å². The third kappa shape index (κ3) is 3.73. The third-order valence-corrected chi connectivity index (χ3v) is 3.45. The van der Waals surface area contributed by atoms with Crippen molar-refractivity contribution in [1.29, 1.82) is 0 Å². The maximum atomic E-state index is 9.27. The fourth-order valence-electron chi connectivity index (χ4n) is 2.28. The highest BCUT2D eigenvalue weighted by molar-refractivity contribution is 5.74. The molecule has 0 aliphatic heterocycles. The summed E-state index contributed by atoms with van der Waals surface area (Å²) in [6.07, 6.45) is 12.0. The van der Waals surface area contributed by atoms with E-state index in [0.717, 1.165) is 36.2 Å². The van der Waals surface area contributed by atoms with Crippen molar-refractivity contribution in [2.45, 2.75) is 12.8 Å². The van der Waals surface area contributed by atoms with Crippen LogP contribution in [-0.2, 0) is 6.42 Å². The molecule has 0 unspecified atom stereocenters. The molecule has 4 nitrogen and oxygen atoms in total. The molecule has 2 N–H and O–H groups in total. The second kappa shape index (κ2) is 6.89. The van der Waals surface area contributed by atoms with E-state index in [2.05, 4.69) is 39.9 Å². The average molecular weight is 292 g/mol. The Morgan fingerprint density at radius 2 is 2.00 bits per heavy atom. The molecule has 3 rings (SSSR count). The minimum absolute atomic E-state index is 0.290. The first kappa shape index (κ1) is 14.3. The Hall–Kier alpha value is -2.62.